The van der Waals surface area contributed by atoms with Gasteiger partial charge in [-0.3, -0.25) is 9.48 Å². The van der Waals surface area contributed by atoms with Gasteiger partial charge in [-0.1, -0.05) is 22.9 Å². The van der Waals surface area contributed by atoms with Crippen LogP contribution in [0.1, 0.15) is 28.7 Å². The largest absolute Gasteiger partial charge is 0.319 e. The number of hydrogen-bond acceptors (Lipinski definition) is 3. The number of rotatable bonds is 2. The van der Waals surface area contributed by atoms with Crippen molar-refractivity contribution in [3.63, 3.8) is 0 Å². The molecule has 0 atom stereocenters. The van der Waals surface area contributed by atoms with Crippen molar-refractivity contribution >= 4 is 39.1 Å². The number of hydrogen-bond donors (Lipinski definition) is 0. The van der Waals surface area contributed by atoms with Gasteiger partial charge in [-0.15, -0.1) is 0 Å². The number of carbonyl (C=O) groups excluding carboxylic acids is 1. The monoisotopic (exact) mass is 348 g/mol. The Morgan fingerprint density at radius 3 is 2.78 bits per heavy atom. The Balaban J connectivity index is 2.12. The molecule has 0 unspecified atom stereocenters. The molecular formula is C16H17ClN4OS. The summed E-state index contributed by atoms with van der Waals surface area (Å²) in [6, 6.07) is 5.59. The van der Waals surface area contributed by atoms with E-state index in [1.807, 2.05) is 44.5 Å². The molecule has 1 aromatic carbocycles. The molecule has 5 nitrogen and oxygen atoms in total. The van der Waals surface area contributed by atoms with Crippen LogP contribution in [0.3, 0.4) is 0 Å². The topological polar surface area (TPSA) is 52.2 Å². The van der Waals surface area contributed by atoms with Gasteiger partial charge in [0.25, 0.3) is 5.91 Å². The van der Waals surface area contributed by atoms with Crippen LogP contribution in [0.25, 0.3) is 10.2 Å². The van der Waals surface area contributed by atoms with Gasteiger partial charge in [-0.2, -0.15) is 10.1 Å². The minimum absolute atomic E-state index is 0.328. The van der Waals surface area contributed by atoms with Gasteiger partial charge in [-0.05, 0) is 44.5 Å². The van der Waals surface area contributed by atoms with Gasteiger partial charge in [0.05, 0.1) is 10.2 Å². The van der Waals surface area contributed by atoms with E-state index in [4.69, 9.17) is 11.6 Å². The molecule has 3 aromatic rings. The Hall–Kier alpha value is -1.92. The predicted molar refractivity (Wildman–Crippen MR) is 93.1 cm³/mol. The molecule has 7 heteroatoms. The number of halogens is 1. The van der Waals surface area contributed by atoms with Crippen LogP contribution in [-0.4, -0.2) is 20.3 Å². The fraction of sp³-hybridized carbons (Fsp3) is 0.312. The van der Waals surface area contributed by atoms with Crippen molar-refractivity contribution in [2.75, 3.05) is 0 Å². The number of amides is 1. The molecule has 1 amide bonds. The highest BCUT2D eigenvalue weighted by Crippen LogP contribution is 2.26. The molecule has 0 radical (unpaired) electrons. The number of carbonyl (C=O) groups is 1. The summed E-state index contributed by atoms with van der Waals surface area (Å²) in [5.41, 5.74) is 3.32. The van der Waals surface area contributed by atoms with E-state index in [1.165, 1.54) is 11.3 Å². The molecule has 0 bridgehead atoms. The fourth-order valence-corrected chi connectivity index (χ4v) is 3.82. The highest BCUT2D eigenvalue weighted by atomic mass is 35.5. The van der Waals surface area contributed by atoms with Crippen molar-refractivity contribution in [2.24, 2.45) is 12.0 Å². The van der Waals surface area contributed by atoms with Gasteiger partial charge >= 0.3 is 0 Å². The van der Waals surface area contributed by atoms with Crippen molar-refractivity contribution in [1.29, 1.82) is 0 Å². The standard InChI is InChI=1S/C16H17ClN4OS/c1-5-21-9(2)8-12(19-21)15(22)18-16-20(4)14-10(3)11(17)6-7-13(14)23-16/h6-8H,5H2,1-4H3. The minimum Gasteiger partial charge on any atom is -0.319 e. The van der Waals surface area contributed by atoms with Gasteiger partial charge in [0.15, 0.2) is 10.5 Å². The SMILES string of the molecule is CCn1nc(C(=O)N=c2sc3ccc(Cl)c(C)c3n2C)cc1C. The maximum atomic E-state index is 12.4. The first-order chi connectivity index (χ1) is 10.9. The molecule has 2 heterocycles. The van der Waals surface area contributed by atoms with Crippen molar-refractivity contribution in [1.82, 2.24) is 14.3 Å². The summed E-state index contributed by atoms with van der Waals surface area (Å²) in [6.07, 6.45) is 0. The van der Waals surface area contributed by atoms with Crippen molar-refractivity contribution in [2.45, 2.75) is 27.3 Å². The molecular weight excluding hydrogens is 332 g/mol. The van der Waals surface area contributed by atoms with E-state index in [1.54, 1.807) is 10.7 Å². The second-order valence-electron chi connectivity index (χ2n) is 5.37. The summed E-state index contributed by atoms with van der Waals surface area (Å²) in [4.78, 5) is 17.3. The lowest BCUT2D eigenvalue weighted by Crippen LogP contribution is -2.14. The smallest absolute Gasteiger partial charge is 0.300 e. The van der Waals surface area contributed by atoms with Crippen LogP contribution in [0, 0.1) is 13.8 Å². The third kappa shape index (κ3) is 2.72. The number of aromatic nitrogens is 3. The third-order valence-corrected chi connectivity index (χ3v) is 5.36. The van der Waals surface area contributed by atoms with Gasteiger partial charge in [-0.25, -0.2) is 0 Å². The number of benzene rings is 1. The average molecular weight is 349 g/mol. The zero-order valence-electron chi connectivity index (χ0n) is 13.4. The van der Waals surface area contributed by atoms with Crippen molar-refractivity contribution in [3.05, 3.63) is 45.0 Å². The maximum Gasteiger partial charge on any atom is 0.300 e. The van der Waals surface area contributed by atoms with Crippen molar-refractivity contribution in [3.8, 4) is 0 Å². The summed E-state index contributed by atoms with van der Waals surface area (Å²) in [5.74, 6) is -0.328. The van der Waals surface area contributed by atoms with Crippen LogP contribution >= 0.6 is 22.9 Å². The van der Waals surface area contributed by atoms with Crippen molar-refractivity contribution < 1.29 is 4.79 Å². The minimum atomic E-state index is -0.328. The summed E-state index contributed by atoms with van der Waals surface area (Å²) in [7, 11) is 1.89. The zero-order valence-corrected chi connectivity index (χ0v) is 15.0. The molecule has 2 aromatic heterocycles. The quantitative estimate of drug-likeness (QED) is 0.712. The van der Waals surface area contributed by atoms with E-state index in [-0.39, 0.29) is 5.91 Å². The third-order valence-electron chi connectivity index (χ3n) is 3.85. The van der Waals surface area contributed by atoms with Crippen LogP contribution in [0.5, 0.6) is 0 Å². The Morgan fingerprint density at radius 2 is 2.13 bits per heavy atom. The summed E-state index contributed by atoms with van der Waals surface area (Å²) in [5, 5.41) is 5.00. The molecule has 0 saturated carbocycles. The van der Waals surface area contributed by atoms with Gasteiger partial charge in [0, 0.05) is 24.3 Å². The Morgan fingerprint density at radius 1 is 1.39 bits per heavy atom. The number of fused-ring (bicyclic) bond motifs is 1. The second-order valence-corrected chi connectivity index (χ2v) is 6.78. The number of thiazole rings is 1. The van der Waals surface area contributed by atoms with E-state index in [2.05, 4.69) is 10.1 Å². The lowest BCUT2D eigenvalue weighted by molar-refractivity contribution is 0.0992. The van der Waals surface area contributed by atoms with Gasteiger partial charge < -0.3 is 4.57 Å². The van der Waals surface area contributed by atoms with Gasteiger partial charge in [0.1, 0.15) is 0 Å². The molecule has 0 N–H and O–H groups in total. The summed E-state index contributed by atoms with van der Waals surface area (Å²) >= 11 is 7.66. The van der Waals surface area contributed by atoms with E-state index >= 15 is 0 Å². The van der Waals surface area contributed by atoms with Crippen LogP contribution < -0.4 is 4.80 Å². The van der Waals surface area contributed by atoms with E-state index in [0.29, 0.717) is 15.5 Å². The molecule has 0 fully saturated rings. The molecule has 0 aliphatic heterocycles. The lowest BCUT2D eigenvalue weighted by Gasteiger charge is -2.01. The first-order valence-electron chi connectivity index (χ1n) is 7.30. The highest BCUT2D eigenvalue weighted by molar-refractivity contribution is 7.16. The molecule has 0 saturated heterocycles. The van der Waals surface area contributed by atoms with Crippen LogP contribution in [-0.2, 0) is 13.6 Å². The predicted octanol–water partition coefficient (Wildman–Crippen LogP) is 3.47. The lowest BCUT2D eigenvalue weighted by atomic mass is 10.2. The van der Waals surface area contributed by atoms with Crippen LogP contribution in [0.15, 0.2) is 23.2 Å². The van der Waals surface area contributed by atoms with E-state index in [9.17, 15) is 4.79 Å². The Bertz CT molecular complexity index is 980. The van der Waals surface area contributed by atoms with Crippen LogP contribution in [0.4, 0.5) is 0 Å². The molecule has 120 valence electrons. The molecule has 0 spiro atoms. The first kappa shape index (κ1) is 16.0. The zero-order chi connectivity index (χ0) is 16.7. The number of aryl methyl sites for hydroxylation is 4. The molecule has 3 rings (SSSR count). The summed E-state index contributed by atoms with van der Waals surface area (Å²) < 4.78 is 4.75. The fourth-order valence-electron chi connectivity index (χ4n) is 2.59. The van der Waals surface area contributed by atoms with E-state index < -0.39 is 0 Å². The van der Waals surface area contributed by atoms with E-state index in [0.717, 1.165) is 28.0 Å². The maximum absolute atomic E-state index is 12.4. The molecule has 0 aliphatic rings. The molecule has 23 heavy (non-hydrogen) atoms. The Labute approximate surface area is 142 Å². The average Bonchev–Trinajstić information content (AvgIpc) is 3.04. The second kappa shape index (κ2) is 5.94. The normalized spacial score (nSPS) is 12.3. The highest BCUT2D eigenvalue weighted by Gasteiger charge is 2.13. The van der Waals surface area contributed by atoms with Crippen LogP contribution in [0.2, 0.25) is 5.02 Å². The summed E-state index contributed by atoms with van der Waals surface area (Å²) in [6.45, 7) is 6.62. The molecule has 0 aliphatic carbocycles. The van der Waals surface area contributed by atoms with Gasteiger partial charge in [0.2, 0.25) is 0 Å². The Kier molecular flexibility index (Phi) is 4.12. The number of nitrogens with zero attached hydrogens (tertiary/aromatic N) is 4. The first-order valence-corrected chi connectivity index (χ1v) is 8.50.